The second kappa shape index (κ2) is 12.7. The van der Waals surface area contributed by atoms with Crippen LogP contribution in [0.1, 0.15) is 31.2 Å². The maximum Gasteiger partial charge on any atom is 0.413 e. The summed E-state index contributed by atoms with van der Waals surface area (Å²) in [6.07, 6.45) is 6.10. The van der Waals surface area contributed by atoms with Crippen molar-refractivity contribution in [2.24, 2.45) is 0 Å². The van der Waals surface area contributed by atoms with Crippen LogP contribution < -0.4 is 15.0 Å². The fraction of sp³-hybridized carbons (Fsp3) is 0.370. The average Bonchev–Trinajstić information content (AvgIpc) is 2.89. The predicted octanol–water partition coefficient (Wildman–Crippen LogP) is 5.20. The molecule has 8 heteroatoms. The molecule has 3 aromatic rings. The Hall–Kier alpha value is -3.65. The first-order chi connectivity index (χ1) is 17.2. The van der Waals surface area contributed by atoms with Crippen LogP contribution in [0.25, 0.3) is 0 Å². The minimum Gasteiger partial charge on any atom is -0.494 e. The summed E-state index contributed by atoms with van der Waals surface area (Å²) in [4.78, 5) is 24.3. The van der Waals surface area contributed by atoms with Gasteiger partial charge in [-0.15, -0.1) is 0 Å². The number of rotatable bonds is 11. The number of nitrogens with zero attached hydrogens (tertiary/aromatic N) is 4. The number of ether oxygens (including phenoxy) is 1. The number of carboxylic acid groups (broad SMARTS) is 1. The van der Waals surface area contributed by atoms with Crippen molar-refractivity contribution in [2.75, 3.05) is 43.0 Å². The van der Waals surface area contributed by atoms with E-state index in [9.17, 15) is 9.90 Å². The molecule has 2 aromatic carbocycles. The van der Waals surface area contributed by atoms with E-state index in [1.165, 1.54) is 37.3 Å². The smallest absolute Gasteiger partial charge is 0.413 e. The van der Waals surface area contributed by atoms with Gasteiger partial charge >= 0.3 is 6.09 Å². The first kappa shape index (κ1) is 24.5. The number of benzene rings is 2. The van der Waals surface area contributed by atoms with Crippen LogP contribution >= 0.6 is 0 Å². The second-order valence-electron chi connectivity index (χ2n) is 8.66. The molecule has 35 heavy (non-hydrogen) atoms. The van der Waals surface area contributed by atoms with Crippen molar-refractivity contribution < 1.29 is 14.6 Å². The van der Waals surface area contributed by atoms with E-state index in [-0.39, 0.29) is 0 Å². The van der Waals surface area contributed by atoms with Crippen molar-refractivity contribution in [3.8, 4) is 5.75 Å². The summed E-state index contributed by atoms with van der Waals surface area (Å²) >= 11 is 0. The van der Waals surface area contributed by atoms with Gasteiger partial charge in [-0.25, -0.2) is 9.78 Å². The van der Waals surface area contributed by atoms with Crippen molar-refractivity contribution >= 4 is 23.5 Å². The molecule has 1 aliphatic heterocycles. The number of carbonyl (C=O) groups is 1. The third-order valence-corrected chi connectivity index (χ3v) is 6.06. The highest BCUT2D eigenvalue weighted by atomic mass is 16.5. The zero-order valence-electron chi connectivity index (χ0n) is 20.0. The topological polar surface area (TPSA) is 90.8 Å². The normalized spacial score (nSPS) is 13.8. The summed E-state index contributed by atoms with van der Waals surface area (Å²) in [5.41, 5.74) is 1.87. The lowest BCUT2D eigenvalue weighted by Crippen LogP contribution is -2.32. The highest BCUT2D eigenvalue weighted by Gasteiger charge is 2.16. The third kappa shape index (κ3) is 7.68. The Balaban J connectivity index is 1.28. The Morgan fingerprint density at radius 2 is 1.80 bits per heavy atom. The molecule has 2 N–H and O–H groups in total. The van der Waals surface area contributed by atoms with Crippen LogP contribution in [0.2, 0.25) is 0 Å². The summed E-state index contributed by atoms with van der Waals surface area (Å²) in [6, 6.07) is 19.0. The van der Waals surface area contributed by atoms with Crippen molar-refractivity contribution in [3.05, 3.63) is 72.4 Å². The van der Waals surface area contributed by atoms with Crippen LogP contribution in [0.4, 0.5) is 22.2 Å². The van der Waals surface area contributed by atoms with E-state index in [2.05, 4.69) is 20.2 Å². The van der Waals surface area contributed by atoms with Crippen LogP contribution in [-0.2, 0) is 6.42 Å². The molecule has 1 aliphatic rings. The molecule has 0 radical (unpaired) electrons. The van der Waals surface area contributed by atoms with Crippen molar-refractivity contribution in [1.82, 2.24) is 14.9 Å². The van der Waals surface area contributed by atoms with Gasteiger partial charge in [-0.2, -0.15) is 4.98 Å². The summed E-state index contributed by atoms with van der Waals surface area (Å²) < 4.78 is 5.88. The van der Waals surface area contributed by atoms with E-state index >= 15 is 0 Å². The lowest BCUT2D eigenvalue weighted by Gasteiger charge is -2.26. The maximum atomic E-state index is 11.9. The van der Waals surface area contributed by atoms with Crippen LogP contribution in [0.15, 0.2) is 66.9 Å². The van der Waals surface area contributed by atoms with E-state index in [1.807, 2.05) is 54.6 Å². The Bertz CT molecular complexity index is 1060. The van der Waals surface area contributed by atoms with Crippen molar-refractivity contribution in [3.63, 3.8) is 0 Å². The number of nitrogens with one attached hydrogen (secondary N) is 1. The molecule has 184 valence electrons. The van der Waals surface area contributed by atoms with Crippen LogP contribution in [-0.4, -0.2) is 58.9 Å². The molecule has 1 amide bonds. The molecule has 0 unspecified atom stereocenters. The molecular weight excluding hydrogens is 442 g/mol. The predicted molar refractivity (Wildman–Crippen MR) is 138 cm³/mol. The number of aromatic nitrogens is 2. The Morgan fingerprint density at radius 3 is 2.54 bits per heavy atom. The molecule has 0 aliphatic carbocycles. The number of amides is 1. The molecule has 4 rings (SSSR count). The first-order valence-electron chi connectivity index (χ1n) is 12.3. The molecule has 0 bridgehead atoms. The molecule has 1 fully saturated rings. The zero-order chi connectivity index (χ0) is 24.3. The fourth-order valence-electron chi connectivity index (χ4n) is 4.18. The highest BCUT2D eigenvalue weighted by Crippen LogP contribution is 2.20. The van der Waals surface area contributed by atoms with E-state index in [4.69, 9.17) is 4.74 Å². The second-order valence-corrected chi connectivity index (χ2v) is 8.66. The monoisotopic (exact) mass is 475 g/mol. The highest BCUT2D eigenvalue weighted by molar-refractivity contribution is 5.84. The van der Waals surface area contributed by atoms with E-state index < -0.39 is 6.09 Å². The lowest BCUT2D eigenvalue weighted by molar-refractivity contribution is 0.201. The molecule has 0 spiro atoms. The molecule has 8 nitrogen and oxygen atoms in total. The molecule has 0 saturated carbocycles. The van der Waals surface area contributed by atoms with Crippen LogP contribution in [0, 0.1) is 0 Å². The third-order valence-electron chi connectivity index (χ3n) is 6.06. The molecule has 0 atom stereocenters. The Labute approximate surface area is 206 Å². The lowest BCUT2D eigenvalue weighted by atomic mass is 10.1. The van der Waals surface area contributed by atoms with Crippen LogP contribution in [0.5, 0.6) is 5.75 Å². The number of likely N-dealkylation sites (tertiary alicyclic amines) is 1. The summed E-state index contributed by atoms with van der Waals surface area (Å²) in [5.74, 6) is 1.49. The van der Waals surface area contributed by atoms with Gasteiger partial charge in [0.25, 0.3) is 0 Å². The van der Waals surface area contributed by atoms with E-state index in [1.54, 1.807) is 12.3 Å². The van der Waals surface area contributed by atoms with Crippen LogP contribution in [0.3, 0.4) is 0 Å². The summed E-state index contributed by atoms with van der Waals surface area (Å²) in [5, 5.41) is 12.9. The zero-order valence-corrected chi connectivity index (χ0v) is 20.0. The summed E-state index contributed by atoms with van der Waals surface area (Å²) in [7, 11) is 0. The van der Waals surface area contributed by atoms with Gasteiger partial charge in [0.2, 0.25) is 5.95 Å². The van der Waals surface area contributed by atoms with Gasteiger partial charge < -0.3 is 20.1 Å². The first-order valence-corrected chi connectivity index (χ1v) is 12.3. The molecular formula is C27H33N5O3. The van der Waals surface area contributed by atoms with Gasteiger partial charge in [0.1, 0.15) is 11.6 Å². The SMILES string of the molecule is O=C(O)N(CCc1ccccc1)c1ccnc(Nc2ccc(OCCCN3CCCCC3)cc2)n1. The number of anilines is 3. The van der Waals surface area contributed by atoms with E-state index in [0.29, 0.717) is 31.3 Å². The molecule has 1 saturated heterocycles. The van der Waals surface area contributed by atoms with Crippen molar-refractivity contribution in [1.29, 1.82) is 0 Å². The number of hydrogen-bond donors (Lipinski definition) is 2. The van der Waals surface area contributed by atoms with Gasteiger partial charge in [-0.1, -0.05) is 36.8 Å². The number of hydrogen-bond acceptors (Lipinski definition) is 6. The Kier molecular flexibility index (Phi) is 8.89. The quantitative estimate of drug-likeness (QED) is 0.368. The van der Waals surface area contributed by atoms with Gasteiger partial charge in [0, 0.05) is 25.0 Å². The summed E-state index contributed by atoms with van der Waals surface area (Å²) in [6.45, 7) is 4.51. The number of piperidine rings is 1. The maximum absolute atomic E-state index is 11.9. The minimum absolute atomic E-state index is 0.305. The standard InChI is InChI=1S/C27H33N5O3/c33-27(34)32(20-15-22-8-3-1-4-9-22)25-14-16-28-26(30-25)29-23-10-12-24(13-11-23)35-21-7-19-31-17-5-2-6-18-31/h1,3-4,8-14,16H,2,5-7,15,17-21H2,(H,33,34)(H,28,29,30). The van der Waals surface area contributed by atoms with Gasteiger partial charge in [0.15, 0.2) is 0 Å². The van der Waals surface area contributed by atoms with Crippen molar-refractivity contribution in [2.45, 2.75) is 32.1 Å². The molecule has 2 heterocycles. The minimum atomic E-state index is -1.05. The van der Waals surface area contributed by atoms with E-state index in [0.717, 1.165) is 30.0 Å². The average molecular weight is 476 g/mol. The largest absolute Gasteiger partial charge is 0.494 e. The van der Waals surface area contributed by atoms with Gasteiger partial charge in [0.05, 0.1) is 6.61 Å². The Morgan fingerprint density at radius 1 is 1.03 bits per heavy atom. The molecule has 1 aromatic heterocycles. The van der Waals surface area contributed by atoms with Gasteiger partial charge in [-0.05, 0) is 74.7 Å². The van der Waals surface area contributed by atoms with Gasteiger partial charge in [-0.3, -0.25) is 4.90 Å². The fourth-order valence-corrected chi connectivity index (χ4v) is 4.18.